The van der Waals surface area contributed by atoms with Crippen molar-refractivity contribution in [3.05, 3.63) is 83.4 Å². The second-order valence-electron chi connectivity index (χ2n) is 7.02. The number of rotatable bonds is 6. The normalized spacial score (nSPS) is 18.5. The van der Waals surface area contributed by atoms with Crippen LogP contribution in [0.2, 0.25) is 0 Å². The smallest absolute Gasteiger partial charge is 0.168 e. The summed E-state index contributed by atoms with van der Waals surface area (Å²) in [5, 5.41) is 11.5. The van der Waals surface area contributed by atoms with E-state index >= 15 is 0 Å². The lowest BCUT2D eigenvalue weighted by atomic mass is 9.81. The van der Waals surface area contributed by atoms with Crippen molar-refractivity contribution in [2.45, 2.75) is 18.1 Å². The molecule has 1 aliphatic heterocycles. The summed E-state index contributed by atoms with van der Waals surface area (Å²) >= 11 is 0. The highest BCUT2D eigenvalue weighted by molar-refractivity contribution is 5.56. The maximum absolute atomic E-state index is 11.5. The number of methoxy groups -OCH3 is 3. The number of benzene rings is 3. The Bertz CT molecular complexity index is 984. The van der Waals surface area contributed by atoms with Crippen LogP contribution in [0.15, 0.2) is 66.7 Å². The van der Waals surface area contributed by atoms with Crippen LogP contribution in [0.1, 0.15) is 22.8 Å². The maximum atomic E-state index is 11.5. The Morgan fingerprint density at radius 1 is 0.862 bits per heavy atom. The summed E-state index contributed by atoms with van der Waals surface area (Å²) in [7, 11) is 4.85. The lowest BCUT2D eigenvalue weighted by Gasteiger charge is -2.34. The first-order valence-corrected chi connectivity index (χ1v) is 9.42. The van der Waals surface area contributed by atoms with E-state index in [1.54, 1.807) is 21.3 Å². The molecule has 2 unspecified atom stereocenters. The summed E-state index contributed by atoms with van der Waals surface area (Å²) in [6.45, 7) is 0. The first-order valence-electron chi connectivity index (χ1n) is 9.42. The Morgan fingerprint density at radius 3 is 2.17 bits per heavy atom. The third kappa shape index (κ3) is 3.28. The van der Waals surface area contributed by atoms with Crippen LogP contribution < -0.4 is 18.9 Å². The summed E-state index contributed by atoms with van der Waals surface area (Å²) < 4.78 is 22.8. The minimum Gasteiger partial charge on any atom is -0.497 e. The predicted molar refractivity (Wildman–Crippen MR) is 110 cm³/mol. The van der Waals surface area contributed by atoms with Crippen LogP contribution in [0.3, 0.4) is 0 Å². The van der Waals surface area contributed by atoms with E-state index < -0.39 is 11.7 Å². The fourth-order valence-corrected chi connectivity index (χ4v) is 3.90. The van der Waals surface area contributed by atoms with Gasteiger partial charge in [0, 0.05) is 24.1 Å². The second kappa shape index (κ2) is 7.68. The fourth-order valence-electron chi connectivity index (χ4n) is 3.90. The third-order valence-corrected chi connectivity index (χ3v) is 5.46. The molecule has 0 amide bonds. The molecule has 0 bridgehead atoms. The van der Waals surface area contributed by atoms with Crippen molar-refractivity contribution in [3.63, 3.8) is 0 Å². The van der Waals surface area contributed by atoms with Crippen LogP contribution in [0.4, 0.5) is 0 Å². The zero-order valence-electron chi connectivity index (χ0n) is 16.7. The van der Waals surface area contributed by atoms with Crippen molar-refractivity contribution in [3.8, 4) is 23.0 Å². The average molecular weight is 392 g/mol. The minimum absolute atomic E-state index is 0.456. The summed E-state index contributed by atoms with van der Waals surface area (Å²) in [5.41, 5.74) is 1.53. The van der Waals surface area contributed by atoms with Crippen LogP contribution in [0.25, 0.3) is 0 Å². The largest absolute Gasteiger partial charge is 0.497 e. The van der Waals surface area contributed by atoms with E-state index in [9.17, 15) is 5.11 Å². The molecule has 150 valence electrons. The summed E-state index contributed by atoms with van der Waals surface area (Å²) in [5.74, 6) is 2.70. The Kier molecular flexibility index (Phi) is 5.07. The van der Waals surface area contributed by atoms with E-state index in [0.29, 0.717) is 23.7 Å². The fraction of sp³-hybridized carbons (Fsp3) is 0.250. The molecule has 3 aromatic rings. The van der Waals surface area contributed by atoms with E-state index in [0.717, 1.165) is 22.4 Å². The van der Waals surface area contributed by atoms with Gasteiger partial charge >= 0.3 is 0 Å². The number of ether oxygens (including phenoxy) is 4. The number of hydrogen-bond donors (Lipinski definition) is 1. The van der Waals surface area contributed by atoms with E-state index in [-0.39, 0.29) is 0 Å². The molecule has 4 rings (SSSR count). The molecular formula is C24H24O5. The molecule has 0 saturated carbocycles. The van der Waals surface area contributed by atoms with Gasteiger partial charge in [-0.3, -0.25) is 0 Å². The van der Waals surface area contributed by atoms with Crippen LogP contribution in [0.5, 0.6) is 23.0 Å². The highest BCUT2D eigenvalue weighted by Crippen LogP contribution is 2.52. The van der Waals surface area contributed by atoms with Gasteiger partial charge in [0.15, 0.2) is 5.60 Å². The van der Waals surface area contributed by atoms with Gasteiger partial charge in [0.05, 0.1) is 21.3 Å². The van der Waals surface area contributed by atoms with Crippen LogP contribution in [-0.2, 0) is 12.0 Å². The summed E-state index contributed by atoms with van der Waals surface area (Å²) in [4.78, 5) is 0. The van der Waals surface area contributed by atoms with Gasteiger partial charge in [-0.2, -0.15) is 0 Å². The summed E-state index contributed by atoms with van der Waals surface area (Å²) in [6, 6.07) is 20.8. The van der Waals surface area contributed by atoms with Crippen molar-refractivity contribution in [2.75, 3.05) is 21.3 Å². The molecule has 1 aliphatic rings. The summed E-state index contributed by atoms with van der Waals surface area (Å²) in [6.07, 6.45) is -0.432. The first kappa shape index (κ1) is 19.2. The van der Waals surface area contributed by atoms with Gasteiger partial charge in [-0.15, -0.1) is 0 Å². The molecule has 1 N–H and O–H groups in total. The monoisotopic (exact) mass is 392 g/mol. The van der Waals surface area contributed by atoms with Crippen molar-refractivity contribution in [1.82, 2.24) is 0 Å². The zero-order chi connectivity index (χ0) is 20.4. The zero-order valence-corrected chi connectivity index (χ0v) is 16.7. The van der Waals surface area contributed by atoms with E-state index in [1.807, 2.05) is 66.7 Å². The van der Waals surface area contributed by atoms with Crippen molar-refractivity contribution >= 4 is 0 Å². The van der Waals surface area contributed by atoms with E-state index in [1.165, 1.54) is 0 Å². The Balaban J connectivity index is 1.85. The molecule has 1 heterocycles. The van der Waals surface area contributed by atoms with Crippen LogP contribution in [-0.4, -0.2) is 26.4 Å². The molecule has 0 fully saturated rings. The molecule has 3 aromatic carbocycles. The molecule has 0 saturated heterocycles. The molecular weight excluding hydrogens is 368 g/mol. The molecule has 5 nitrogen and oxygen atoms in total. The second-order valence-corrected chi connectivity index (χ2v) is 7.02. The maximum Gasteiger partial charge on any atom is 0.168 e. The third-order valence-electron chi connectivity index (χ3n) is 5.46. The highest BCUT2D eigenvalue weighted by Gasteiger charge is 2.49. The lowest BCUT2D eigenvalue weighted by Crippen LogP contribution is -2.38. The van der Waals surface area contributed by atoms with E-state index in [4.69, 9.17) is 18.9 Å². The number of hydrogen-bond acceptors (Lipinski definition) is 5. The molecule has 0 spiro atoms. The molecule has 0 aromatic heterocycles. The van der Waals surface area contributed by atoms with E-state index in [2.05, 4.69) is 0 Å². The molecule has 29 heavy (non-hydrogen) atoms. The van der Waals surface area contributed by atoms with Gasteiger partial charge in [-0.1, -0.05) is 42.5 Å². The quantitative estimate of drug-likeness (QED) is 0.679. The Morgan fingerprint density at radius 2 is 1.55 bits per heavy atom. The standard InChI is InChI=1S/C24H24O5/c1-26-18-11-9-17(10-12-18)24(23(25)16-7-5-4-6-8-16)15-20-21(28-3)13-19(27-2)14-22(20)29-24/h4-14,23,25H,15H2,1-3H3. The van der Waals surface area contributed by atoms with Gasteiger partial charge in [-0.05, 0) is 23.3 Å². The van der Waals surface area contributed by atoms with Gasteiger partial charge < -0.3 is 24.1 Å². The molecule has 2 atom stereocenters. The van der Waals surface area contributed by atoms with Gasteiger partial charge in [0.25, 0.3) is 0 Å². The van der Waals surface area contributed by atoms with Crippen LogP contribution in [0, 0.1) is 0 Å². The molecule has 0 aliphatic carbocycles. The minimum atomic E-state index is -1.00. The lowest BCUT2D eigenvalue weighted by molar-refractivity contribution is -0.0473. The van der Waals surface area contributed by atoms with Gasteiger partial charge in [-0.25, -0.2) is 0 Å². The molecule has 0 radical (unpaired) electrons. The number of fused-ring (bicyclic) bond motifs is 1. The average Bonchev–Trinajstić information content (AvgIpc) is 3.19. The topological polar surface area (TPSA) is 57.2 Å². The Hall–Kier alpha value is -3.18. The van der Waals surface area contributed by atoms with Crippen molar-refractivity contribution in [2.24, 2.45) is 0 Å². The highest BCUT2D eigenvalue weighted by atomic mass is 16.5. The predicted octanol–water partition coefficient (Wildman–Crippen LogP) is 4.28. The van der Waals surface area contributed by atoms with Gasteiger partial charge in [0.1, 0.15) is 29.1 Å². The van der Waals surface area contributed by atoms with Crippen LogP contribution >= 0.6 is 0 Å². The number of aliphatic hydroxyl groups is 1. The number of aliphatic hydroxyl groups excluding tert-OH is 1. The van der Waals surface area contributed by atoms with Crippen molar-refractivity contribution < 1.29 is 24.1 Å². The Labute approximate surface area is 170 Å². The van der Waals surface area contributed by atoms with Crippen molar-refractivity contribution in [1.29, 1.82) is 0 Å². The van der Waals surface area contributed by atoms with Gasteiger partial charge in [0.2, 0.25) is 0 Å². The molecule has 5 heteroatoms. The SMILES string of the molecule is COc1ccc(C2(C(O)c3ccccc3)Cc3c(OC)cc(OC)cc3O2)cc1. The first-order chi connectivity index (χ1) is 14.1.